The lowest BCUT2D eigenvalue weighted by molar-refractivity contribution is -0.132. The van der Waals surface area contributed by atoms with Gasteiger partial charge in [-0.3, -0.25) is 14.2 Å². The van der Waals surface area contributed by atoms with E-state index in [0.29, 0.717) is 29.9 Å². The van der Waals surface area contributed by atoms with Gasteiger partial charge in [0.25, 0.3) is 5.56 Å². The molecular formula is C16H19BrN4O2. The molecule has 7 heteroatoms. The number of carbonyl (C=O) groups excluding carboxylic acids is 1. The maximum atomic E-state index is 12.5. The summed E-state index contributed by atoms with van der Waals surface area (Å²) in [5, 5.41) is 0.504. The average Bonchev–Trinajstić information content (AvgIpc) is 2.92. The summed E-state index contributed by atoms with van der Waals surface area (Å²) in [6.45, 7) is 3.28. The van der Waals surface area contributed by atoms with Gasteiger partial charge in [-0.15, -0.1) is 0 Å². The highest BCUT2D eigenvalue weighted by Gasteiger charge is 2.31. The fourth-order valence-corrected chi connectivity index (χ4v) is 3.50. The number of halogens is 1. The van der Waals surface area contributed by atoms with Gasteiger partial charge in [0.05, 0.1) is 17.2 Å². The molecule has 2 aromatic rings. The van der Waals surface area contributed by atoms with Gasteiger partial charge in [-0.05, 0) is 44.0 Å². The Kier molecular flexibility index (Phi) is 4.50. The van der Waals surface area contributed by atoms with Crippen LogP contribution in [0.1, 0.15) is 13.3 Å². The molecule has 0 saturated carbocycles. The van der Waals surface area contributed by atoms with Crippen LogP contribution in [0.3, 0.4) is 0 Å². The molecule has 1 aliphatic rings. The average molecular weight is 379 g/mol. The quantitative estimate of drug-likeness (QED) is 0.873. The largest absolute Gasteiger partial charge is 0.338 e. The highest BCUT2D eigenvalue weighted by molar-refractivity contribution is 9.10. The topological polar surface area (TPSA) is 81.2 Å². The summed E-state index contributed by atoms with van der Waals surface area (Å²) in [5.74, 6) is 0.281. The molecule has 0 bridgehead atoms. The predicted octanol–water partition coefficient (Wildman–Crippen LogP) is 1.35. The Balaban J connectivity index is 1.85. The number of rotatable bonds is 3. The lowest BCUT2D eigenvalue weighted by atomic mass is 10.1. The third-order valence-electron chi connectivity index (χ3n) is 4.41. The number of benzene rings is 1. The van der Waals surface area contributed by atoms with Gasteiger partial charge in [0, 0.05) is 17.1 Å². The highest BCUT2D eigenvalue weighted by Crippen LogP contribution is 2.22. The second-order valence-corrected chi connectivity index (χ2v) is 6.99. The number of likely N-dealkylation sites (tertiary alicyclic amines) is 1. The lowest BCUT2D eigenvalue weighted by Crippen LogP contribution is -2.39. The summed E-state index contributed by atoms with van der Waals surface area (Å²) >= 11 is 3.36. The molecule has 2 unspecified atom stereocenters. The first-order valence-electron chi connectivity index (χ1n) is 7.64. The zero-order valence-electron chi connectivity index (χ0n) is 12.9. The van der Waals surface area contributed by atoms with Crippen LogP contribution in [-0.2, 0) is 11.3 Å². The van der Waals surface area contributed by atoms with Crippen LogP contribution in [0.4, 0.5) is 0 Å². The Hall–Kier alpha value is -1.73. The number of amides is 1. The Morgan fingerprint density at radius 3 is 2.96 bits per heavy atom. The van der Waals surface area contributed by atoms with Crippen LogP contribution < -0.4 is 11.3 Å². The molecular weight excluding hydrogens is 360 g/mol. The molecule has 1 fully saturated rings. The second kappa shape index (κ2) is 6.41. The minimum absolute atomic E-state index is 0.00984. The smallest absolute Gasteiger partial charge is 0.261 e. The van der Waals surface area contributed by atoms with Crippen LogP contribution in [0.5, 0.6) is 0 Å². The van der Waals surface area contributed by atoms with Crippen molar-refractivity contribution >= 4 is 32.7 Å². The maximum absolute atomic E-state index is 12.5. The Morgan fingerprint density at radius 1 is 1.48 bits per heavy atom. The standard InChI is InChI=1S/C16H19BrN4O2/c1-10-4-11(6-18)7-21(10)15(22)8-20-9-19-14-3-2-12(17)5-13(14)16(20)23/h2-3,5,9-11H,4,6-8,18H2,1H3. The monoisotopic (exact) mass is 378 g/mol. The summed E-state index contributed by atoms with van der Waals surface area (Å²) in [7, 11) is 0. The minimum atomic E-state index is -0.202. The van der Waals surface area contributed by atoms with E-state index in [-0.39, 0.29) is 24.1 Å². The van der Waals surface area contributed by atoms with Crippen LogP contribution in [0.15, 0.2) is 33.8 Å². The van der Waals surface area contributed by atoms with Crippen LogP contribution in [0.2, 0.25) is 0 Å². The second-order valence-electron chi connectivity index (χ2n) is 6.07. The fraction of sp³-hybridized carbons (Fsp3) is 0.438. The van der Waals surface area contributed by atoms with Gasteiger partial charge < -0.3 is 10.6 Å². The van der Waals surface area contributed by atoms with Crippen LogP contribution >= 0.6 is 15.9 Å². The van der Waals surface area contributed by atoms with Gasteiger partial charge in [0.1, 0.15) is 6.54 Å². The maximum Gasteiger partial charge on any atom is 0.261 e. The van der Waals surface area contributed by atoms with Gasteiger partial charge in [0.15, 0.2) is 0 Å². The molecule has 2 heterocycles. The summed E-state index contributed by atoms with van der Waals surface area (Å²) in [4.78, 5) is 31.2. The molecule has 6 nitrogen and oxygen atoms in total. The van der Waals surface area contributed by atoms with Gasteiger partial charge in [-0.2, -0.15) is 0 Å². The summed E-state index contributed by atoms with van der Waals surface area (Å²) in [6.07, 6.45) is 2.36. The van der Waals surface area contributed by atoms with Gasteiger partial charge in [0.2, 0.25) is 5.91 Å². The van der Waals surface area contributed by atoms with E-state index in [1.807, 2.05) is 17.9 Å². The van der Waals surface area contributed by atoms with E-state index in [4.69, 9.17) is 5.73 Å². The van der Waals surface area contributed by atoms with Crippen molar-refractivity contribution in [3.8, 4) is 0 Å². The van der Waals surface area contributed by atoms with Crippen molar-refractivity contribution < 1.29 is 4.79 Å². The van der Waals surface area contributed by atoms with E-state index in [1.165, 1.54) is 10.9 Å². The van der Waals surface area contributed by atoms with Crippen molar-refractivity contribution in [3.05, 3.63) is 39.4 Å². The number of fused-ring (bicyclic) bond motifs is 1. The van der Waals surface area contributed by atoms with Gasteiger partial charge >= 0.3 is 0 Å². The molecule has 2 N–H and O–H groups in total. The SMILES string of the molecule is CC1CC(CN)CN1C(=O)Cn1cnc2ccc(Br)cc2c1=O. The van der Waals surface area contributed by atoms with Crippen LogP contribution in [0.25, 0.3) is 10.9 Å². The lowest BCUT2D eigenvalue weighted by Gasteiger charge is -2.22. The van der Waals surface area contributed by atoms with Crippen LogP contribution in [0, 0.1) is 5.92 Å². The molecule has 0 spiro atoms. The molecule has 3 rings (SSSR count). The number of nitrogens with zero attached hydrogens (tertiary/aromatic N) is 3. The van der Waals surface area contributed by atoms with E-state index in [2.05, 4.69) is 20.9 Å². The van der Waals surface area contributed by atoms with Crippen molar-refractivity contribution in [1.82, 2.24) is 14.5 Å². The van der Waals surface area contributed by atoms with Crippen molar-refractivity contribution in [2.45, 2.75) is 25.9 Å². The van der Waals surface area contributed by atoms with Crippen molar-refractivity contribution in [2.24, 2.45) is 11.7 Å². The molecule has 1 saturated heterocycles. The molecule has 1 amide bonds. The summed E-state index contributed by atoms with van der Waals surface area (Å²) in [6, 6.07) is 5.51. The van der Waals surface area contributed by atoms with E-state index < -0.39 is 0 Å². The molecule has 0 aliphatic carbocycles. The number of hydrogen-bond donors (Lipinski definition) is 1. The Labute approximate surface area is 142 Å². The third-order valence-corrected chi connectivity index (χ3v) is 4.90. The fourth-order valence-electron chi connectivity index (χ4n) is 3.14. The molecule has 122 valence electrons. The Bertz CT molecular complexity index is 804. The van der Waals surface area contributed by atoms with E-state index in [0.717, 1.165) is 10.9 Å². The first kappa shape index (κ1) is 16.1. The Morgan fingerprint density at radius 2 is 2.26 bits per heavy atom. The number of hydrogen-bond acceptors (Lipinski definition) is 4. The third kappa shape index (κ3) is 3.16. The molecule has 1 aliphatic heterocycles. The first-order chi connectivity index (χ1) is 11.0. The van der Waals surface area contributed by atoms with Crippen molar-refractivity contribution in [1.29, 1.82) is 0 Å². The van der Waals surface area contributed by atoms with Gasteiger partial charge in [-0.1, -0.05) is 15.9 Å². The van der Waals surface area contributed by atoms with Crippen molar-refractivity contribution in [3.63, 3.8) is 0 Å². The van der Waals surface area contributed by atoms with E-state index in [9.17, 15) is 9.59 Å². The number of aromatic nitrogens is 2. The van der Waals surface area contributed by atoms with Crippen molar-refractivity contribution in [2.75, 3.05) is 13.1 Å². The van der Waals surface area contributed by atoms with E-state index in [1.54, 1.807) is 12.1 Å². The minimum Gasteiger partial charge on any atom is -0.338 e. The molecule has 0 radical (unpaired) electrons. The highest BCUT2D eigenvalue weighted by atomic mass is 79.9. The molecule has 23 heavy (non-hydrogen) atoms. The van der Waals surface area contributed by atoms with Gasteiger partial charge in [-0.25, -0.2) is 4.98 Å². The predicted molar refractivity (Wildman–Crippen MR) is 92.0 cm³/mol. The number of carbonyl (C=O) groups is 1. The summed E-state index contributed by atoms with van der Waals surface area (Å²) in [5.41, 5.74) is 6.13. The zero-order valence-corrected chi connectivity index (χ0v) is 14.5. The van der Waals surface area contributed by atoms with E-state index >= 15 is 0 Å². The normalized spacial score (nSPS) is 21.1. The molecule has 1 aromatic heterocycles. The first-order valence-corrected chi connectivity index (χ1v) is 8.43. The molecule has 1 aromatic carbocycles. The zero-order chi connectivity index (χ0) is 16.6. The summed E-state index contributed by atoms with van der Waals surface area (Å²) < 4.78 is 2.19. The van der Waals surface area contributed by atoms with Crippen LogP contribution in [-0.4, -0.2) is 39.5 Å². The number of nitrogens with two attached hydrogens (primary N) is 1. The molecule has 2 atom stereocenters.